The van der Waals surface area contributed by atoms with Crippen LogP contribution < -0.4 is 9.47 Å². The maximum Gasteiger partial charge on any atom is 0.387 e. The number of halogens is 3. The van der Waals surface area contributed by atoms with Crippen LogP contribution in [0.25, 0.3) is 5.65 Å². The summed E-state index contributed by atoms with van der Waals surface area (Å²) in [4.78, 5) is 24.5. The number of hydrogen-bond acceptors (Lipinski definition) is 7. The van der Waals surface area contributed by atoms with Gasteiger partial charge < -0.3 is 9.47 Å². The summed E-state index contributed by atoms with van der Waals surface area (Å²) >= 11 is 0. The standard InChI is InChI=1S/C19H12F3N5O3/c20-11-1-2-12(24-6-11)3-17(28)16-5-15(9-27-18(16)25-10-26-27)29-13-4-14(8-23-7-13)30-19(21)22/h1-2,4-10,19H,3H2. The van der Waals surface area contributed by atoms with Crippen molar-refractivity contribution in [1.29, 1.82) is 0 Å². The van der Waals surface area contributed by atoms with Gasteiger partial charge in [-0.15, -0.1) is 0 Å². The van der Waals surface area contributed by atoms with Gasteiger partial charge in [-0.1, -0.05) is 0 Å². The fourth-order valence-electron chi connectivity index (χ4n) is 2.69. The third-order valence-electron chi connectivity index (χ3n) is 3.93. The van der Waals surface area contributed by atoms with E-state index >= 15 is 0 Å². The van der Waals surface area contributed by atoms with Crippen molar-refractivity contribution in [3.63, 3.8) is 0 Å². The van der Waals surface area contributed by atoms with Crippen molar-refractivity contribution < 1.29 is 27.4 Å². The molecule has 4 heterocycles. The number of pyridine rings is 3. The molecule has 30 heavy (non-hydrogen) atoms. The van der Waals surface area contributed by atoms with E-state index in [9.17, 15) is 18.0 Å². The van der Waals surface area contributed by atoms with Crippen molar-refractivity contribution in [2.75, 3.05) is 0 Å². The highest BCUT2D eigenvalue weighted by atomic mass is 19.3. The number of fused-ring (bicyclic) bond motifs is 1. The second-order valence-electron chi connectivity index (χ2n) is 6.02. The summed E-state index contributed by atoms with van der Waals surface area (Å²) in [5, 5.41) is 4.01. The number of ether oxygens (including phenoxy) is 2. The predicted octanol–water partition coefficient (Wildman–Crippen LogP) is 3.48. The van der Waals surface area contributed by atoms with Gasteiger partial charge in [0.25, 0.3) is 0 Å². The Labute approximate surface area is 166 Å². The van der Waals surface area contributed by atoms with E-state index in [1.807, 2.05) is 0 Å². The summed E-state index contributed by atoms with van der Waals surface area (Å²) in [6.45, 7) is -3.00. The fraction of sp³-hybridized carbons (Fsp3) is 0.105. The van der Waals surface area contributed by atoms with Gasteiger partial charge in [0.15, 0.2) is 11.4 Å². The van der Waals surface area contributed by atoms with Gasteiger partial charge in [0, 0.05) is 11.8 Å². The molecule has 0 aliphatic heterocycles. The summed E-state index contributed by atoms with van der Waals surface area (Å²) in [5.74, 6) is -0.716. The van der Waals surface area contributed by atoms with E-state index in [2.05, 4.69) is 24.8 Å². The molecule has 0 atom stereocenters. The maximum absolute atomic E-state index is 13.0. The first-order valence-corrected chi connectivity index (χ1v) is 8.52. The van der Waals surface area contributed by atoms with E-state index < -0.39 is 12.4 Å². The van der Waals surface area contributed by atoms with Crippen LogP contribution in [0.15, 0.2) is 55.4 Å². The van der Waals surface area contributed by atoms with Crippen LogP contribution in [0.2, 0.25) is 0 Å². The van der Waals surface area contributed by atoms with Gasteiger partial charge in [0.05, 0.1) is 36.8 Å². The number of hydrogen-bond donors (Lipinski definition) is 0. The first kappa shape index (κ1) is 19.3. The number of ketones is 1. The van der Waals surface area contributed by atoms with Gasteiger partial charge in [-0.25, -0.2) is 13.9 Å². The molecule has 0 saturated carbocycles. The van der Waals surface area contributed by atoms with Crippen LogP contribution in [-0.4, -0.2) is 37.0 Å². The summed E-state index contributed by atoms with van der Waals surface area (Å²) in [7, 11) is 0. The number of carbonyl (C=O) groups excluding carboxylic acids is 1. The van der Waals surface area contributed by atoms with Crippen LogP contribution in [0, 0.1) is 5.82 Å². The Balaban J connectivity index is 1.62. The van der Waals surface area contributed by atoms with Crippen LogP contribution in [0.1, 0.15) is 16.1 Å². The van der Waals surface area contributed by atoms with Crippen LogP contribution in [0.3, 0.4) is 0 Å². The van der Waals surface area contributed by atoms with Crippen LogP contribution >= 0.6 is 0 Å². The van der Waals surface area contributed by atoms with Gasteiger partial charge in [-0.3, -0.25) is 14.8 Å². The Kier molecular flexibility index (Phi) is 5.24. The minimum atomic E-state index is -3.00. The zero-order valence-electron chi connectivity index (χ0n) is 15.1. The lowest BCUT2D eigenvalue weighted by atomic mass is 10.1. The van der Waals surface area contributed by atoms with Crippen molar-refractivity contribution in [2.24, 2.45) is 0 Å². The van der Waals surface area contributed by atoms with Crippen molar-refractivity contribution in [3.8, 4) is 17.2 Å². The first-order valence-electron chi connectivity index (χ1n) is 8.52. The summed E-state index contributed by atoms with van der Waals surface area (Å²) < 4.78 is 49.1. The molecular formula is C19H12F3N5O3. The molecule has 0 amide bonds. The molecule has 152 valence electrons. The van der Waals surface area contributed by atoms with Crippen molar-refractivity contribution >= 4 is 11.4 Å². The SMILES string of the molecule is O=C(Cc1ccc(F)cn1)c1cc(Oc2cncc(OC(F)F)c2)cn2ncnc12. The van der Waals surface area contributed by atoms with Gasteiger partial charge >= 0.3 is 6.61 Å². The molecule has 4 aromatic heterocycles. The van der Waals surface area contributed by atoms with Crippen molar-refractivity contribution in [2.45, 2.75) is 13.0 Å². The topological polar surface area (TPSA) is 91.5 Å². The van der Waals surface area contributed by atoms with Crippen molar-refractivity contribution in [1.82, 2.24) is 24.6 Å². The molecule has 11 heteroatoms. The van der Waals surface area contributed by atoms with E-state index in [4.69, 9.17) is 4.74 Å². The lowest BCUT2D eigenvalue weighted by Crippen LogP contribution is -2.08. The lowest BCUT2D eigenvalue weighted by Gasteiger charge is -2.10. The molecule has 0 saturated heterocycles. The molecule has 0 radical (unpaired) electrons. The Morgan fingerprint density at radius 3 is 2.67 bits per heavy atom. The van der Waals surface area contributed by atoms with Gasteiger partial charge in [0.2, 0.25) is 0 Å². The highest BCUT2D eigenvalue weighted by Crippen LogP contribution is 2.27. The van der Waals surface area contributed by atoms with Crippen LogP contribution in [-0.2, 0) is 6.42 Å². The summed E-state index contributed by atoms with van der Waals surface area (Å²) in [6.07, 6.45) is 6.08. The van der Waals surface area contributed by atoms with Gasteiger partial charge in [0.1, 0.15) is 29.4 Å². The molecule has 4 rings (SSSR count). The normalized spacial score (nSPS) is 11.1. The van der Waals surface area contributed by atoms with E-state index in [0.717, 1.165) is 12.4 Å². The van der Waals surface area contributed by atoms with Gasteiger partial charge in [-0.05, 0) is 18.2 Å². The molecule has 8 nitrogen and oxygen atoms in total. The highest BCUT2D eigenvalue weighted by molar-refractivity contribution is 6.02. The molecule has 0 aliphatic rings. The molecule has 0 aromatic carbocycles. The third-order valence-corrected chi connectivity index (χ3v) is 3.93. The monoisotopic (exact) mass is 415 g/mol. The number of nitrogens with zero attached hydrogens (tertiary/aromatic N) is 5. The number of aromatic nitrogens is 5. The quantitative estimate of drug-likeness (QED) is 0.427. The molecule has 4 aromatic rings. The maximum atomic E-state index is 13.0. The van der Waals surface area contributed by atoms with Crippen LogP contribution in [0.5, 0.6) is 17.2 Å². The number of rotatable bonds is 7. The molecule has 0 N–H and O–H groups in total. The number of Topliss-reactive ketones (excluding diaryl/α,β-unsaturated/α-hetero) is 1. The zero-order valence-corrected chi connectivity index (χ0v) is 15.1. The Morgan fingerprint density at radius 2 is 1.90 bits per heavy atom. The molecule has 0 unspecified atom stereocenters. The summed E-state index contributed by atoms with van der Waals surface area (Å²) in [5.41, 5.74) is 0.873. The second kappa shape index (κ2) is 8.15. The number of alkyl halides is 2. The highest BCUT2D eigenvalue weighted by Gasteiger charge is 2.17. The molecule has 0 aliphatic carbocycles. The summed E-state index contributed by atoms with van der Waals surface area (Å²) in [6, 6.07) is 5.29. The molecule has 0 fully saturated rings. The van der Waals surface area contributed by atoms with Crippen LogP contribution in [0.4, 0.5) is 13.2 Å². The fourth-order valence-corrected chi connectivity index (χ4v) is 2.69. The minimum absolute atomic E-state index is 0.0917. The lowest BCUT2D eigenvalue weighted by molar-refractivity contribution is -0.0501. The Hall–Kier alpha value is -4.02. The average molecular weight is 415 g/mol. The molecular weight excluding hydrogens is 403 g/mol. The molecule has 0 bridgehead atoms. The van der Waals surface area contributed by atoms with Crippen molar-refractivity contribution in [3.05, 3.63) is 72.5 Å². The Morgan fingerprint density at radius 1 is 1.07 bits per heavy atom. The largest absolute Gasteiger partial charge is 0.454 e. The van der Waals surface area contributed by atoms with E-state index in [1.165, 1.54) is 47.5 Å². The Bertz CT molecular complexity index is 1200. The average Bonchev–Trinajstić information content (AvgIpc) is 3.17. The van der Waals surface area contributed by atoms with E-state index in [0.29, 0.717) is 11.3 Å². The first-order chi connectivity index (χ1) is 14.5. The smallest absolute Gasteiger partial charge is 0.387 e. The zero-order chi connectivity index (χ0) is 21.1. The second-order valence-corrected chi connectivity index (χ2v) is 6.02. The molecule has 0 spiro atoms. The van der Waals surface area contributed by atoms with E-state index in [-0.39, 0.29) is 35.0 Å². The number of carbonyl (C=O) groups is 1. The van der Waals surface area contributed by atoms with Gasteiger partial charge in [-0.2, -0.15) is 13.9 Å². The predicted molar refractivity (Wildman–Crippen MR) is 96.2 cm³/mol. The minimum Gasteiger partial charge on any atom is -0.454 e. The third kappa shape index (κ3) is 4.35. The van der Waals surface area contributed by atoms with E-state index in [1.54, 1.807) is 0 Å².